The summed E-state index contributed by atoms with van der Waals surface area (Å²) in [5.41, 5.74) is 11.2. The molecule has 1 aromatic heterocycles. The van der Waals surface area contributed by atoms with Crippen molar-refractivity contribution < 1.29 is 9.59 Å². The summed E-state index contributed by atoms with van der Waals surface area (Å²) in [4.78, 5) is 30.5. The molecule has 0 radical (unpaired) electrons. The number of fused-ring (bicyclic) bond motifs is 1. The maximum absolute atomic E-state index is 12.9. The van der Waals surface area contributed by atoms with Gasteiger partial charge in [-0.1, -0.05) is 17.7 Å². The van der Waals surface area contributed by atoms with E-state index < -0.39 is 0 Å². The highest BCUT2D eigenvalue weighted by Crippen LogP contribution is 2.24. The largest absolute Gasteiger partial charge is 0.369 e. The third-order valence-electron chi connectivity index (χ3n) is 5.59. The first-order chi connectivity index (χ1) is 13.4. The summed E-state index contributed by atoms with van der Waals surface area (Å²) < 4.78 is 2.05. The number of primary amides is 1. The zero-order valence-electron chi connectivity index (χ0n) is 16.2. The number of nitrogens with two attached hydrogens (primary N) is 1. The number of hydrogen-bond acceptors (Lipinski definition) is 3. The van der Waals surface area contributed by atoms with Gasteiger partial charge in [-0.2, -0.15) is 0 Å². The normalized spacial score (nSPS) is 15.1. The van der Waals surface area contributed by atoms with Gasteiger partial charge in [0.05, 0.1) is 16.7 Å². The Balaban J connectivity index is 1.59. The molecular formula is C22H24N4O2. The SMILES string of the molecule is Cc1ccc(-n2cnc3cc(C(=O)N4CCC(C(N)=O)CC4)ccc32)c(C)c1. The first-order valence-corrected chi connectivity index (χ1v) is 9.57. The number of rotatable bonds is 3. The maximum Gasteiger partial charge on any atom is 0.253 e. The number of aryl methyl sites for hydroxylation is 2. The summed E-state index contributed by atoms with van der Waals surface area (Å²) in [6, 6.07) is 12.0. The van der Waals surface area contributed by atoms with E-state index in [2.05, 4.69) is 41.6 Å². The van der Waals surface area contributed by atoms with Crippen LogP contribution in [0.25, 0.3) is 16.7 Å². The second-order valence-corrected chi connectivity index (χ2v) is 7.58. The van der Waals surface area contributed by atoms with E-state index in [0.29, 0.717) is 31.5 Å². The van der Waals surface area contributed by atoms with Crippen LogP contribution in [-0.4, -0.2) is 39.4 Å². The number of amides is 2. The van der Waals surface area contributed by atoms with Crippen LogP contribution in [0.1, 0.15) is 34.3 Å². The number of benzene rings is 2. The fraction of sp³-hybridized carbons (Fsp3) is 0.318. The Morgan fingerprint density at radius 2 is 1.82 bits per heavy atom. The fourth-order valence-corrected chi connectivity index (χ4v) is 3.96. The molecule has 0 unspecified atom stereocenters. The maximum atomic E-state index is 12.9. The molecule has 0 saturated carbocycles. The van der Waals surface area contributed by atoms with Gasteiger partial charge in [0.2, 0.25) is 5.91 Å². The smallest absolute Gasteiger partial charge is 0.253 e. The molecule has 28 heavy (non-hydrogen) atoms. The topological polar surface area (TPSA) is 81.2 Å². The van der Waals surface area contributed by atoms with Crippen molar-refractivity contribution in [2.24, 2.45) is 11.7 Å². The summed E-state index contributed by atoms with van der Waals surface area (Å²) in [5, 5.41) is 0. The lowest BCUT2D eigenvalue weighted by Gasteiger charge is -2.30. The van der Waals surface area contributed by atoms with E-state index in [0.717, 1.165) is 16.7 Å². The van der Waals surface area contributed by atoms with Crippen molar-refractivity contribution in [3.63, 3.8) is 0 Å². The van der Waals surface area contributed by atoms with Gasteiger partial charge in [-0.05, 0) is 56.5 Å². The monoisotopic (exact) mass is 376 g/mol. The fourth-order valence-electron chi connectivity index (χ4n) is 3.96. The zero-order chi connectivity index (χ0) is 19.8. The molecule has 0 bridgehead atoms. The van der Waals surface area contributed by atoms with Crippen molar-refractivity contribution in [3.05, 3.63) is 59.4 Å². The highest BCUT2D eigenvalue weighted by atomic mass is 16.2. The average molecular weight is 376 g/mol. The zero-order valence-corrected chi connectivity index (χ0v) is 16.2. The van der Waals surface area contributed by atoms with Crippen LogP contribution in [0.2, 0.25) is 0 Å². The van der Waals surface area contributed by atoms with Crippen molar-refractivity contribution >= 4 is 22.8 Å². The Hall–Kier alpha value is -3.15. The minimum absolute atomic E-state index is 0.0223. The molecule has 0 spiro atoms. The molecule has 1 aliphatic rings. The van der Waals surface area contributed by atoms with Crippen LogP contribution in [0.4, 0.5) is 0 Å². The van der Waals surface area contributed by atoms with Gasteiger partial charge in [0.1, 0.15) is 6.33 Å². The predicted octanol–water partition coefficient (Wildman–Crippen LogP) is 2.98. The lowest BCUT2D eigenvalue weighted by atomic mass is 9.96. The highest BCUT2D eigenvalue weighted by Gasteiger charge is 2.26. The molecule has 2 heterocycles. The van der Waals surface area contributed by atoms with Crippen LogP contribution in [0, 0.1) is 19.8 Å². The van der Waals surface area contributed by atoms with Crippen LogP contribution in [0.15, 0.2) is 42.7 Å². The Bertz CT molecular complexity index is 1060. The van der Waals surface area contributed by atoms with Crippen molar-refractivity contribution in [2.45, 2.75) is 26.7 Å². The van der Waals surface area contributed by atoms with Crippen LogP contribution in [-0.2, 0) is 4.79 Å². The number of hydrogen-bond donors (Lipinski definition) is 1. The summed E-state index contributed by atoms with van der Waals surface area (Å²) in [7, 11) is 0. The molecule has 6 nitrogen and oxygen atoms in total. The molecule has 0 atom stereocenters. The first-order valence-electron chi connectivity index (χ1n) is 9.57. The van der Waals surface area contributed by atoms with Crippen molar-refractivity contribution in [1.82, 2.24) is 14.5 Å². The number of aromatic nitrogens is 2. The molecule has 144 valence electrons. The Kier molecular flexibility index (Phi) is 4.63. The van der Waals surface area contributed by atoms with Crippen molar-refractivity contribution in [2.75, 3.05) is 13.1 Å². The minimum Gasteiger partial charge on any atom is -0.369 e. The number of carbonyl (C=O) groups is 2. The molecule has 6 heteroatoms. The molecule has 0 aliphatic carbocycles. The molecule has 1 fully saturated rings. The lowest BCUT2D eigenvalue weighted by molar-refractivity contribution is -0.123. The number of piperidine rings is 1. The summed E-state index contributed by atoms with van der Waals surface area (Å²) in [5.74, 6) is -0.420. The van der Waals surface area contributed by atoms with E-state index >= 15 is 0 Å². The standard InChI is InChI=1S/C22H24N4O2/c1-14-3-5-19(15(2)11-14)26-13-24-18-12-17(4-6-20(18)26)22(28)25-9-7-16(8-10-25)21(23)27/h3-6,11-13,16H,7-10H2,1-2H3,(H2,23,27). The number of likely N-dealkylation sites (tertiary alicyclic amines) is 1. The molecule has 4 rings (SSSR count). The Labute approximate surface area is 164 Å². The van der Waals surface area contributed by atoms with Crippen LogP contribution >= 0.6 is 0 Å². The van der Waals surface area contributed by atoms with E-state index in [1.54, 1.807) is 11.2 Å². The van der Waals surface area contributed by atoms with Crippen molar-refractivity contribution in [1.29, 1.82) is 0 Å². The van der Waals surface area contributed by atoms with Crippen molar-refractivity contribution in [3.8, 4) is 5.69 Å². The van der Waals surface area contributed by atoms with E-state index in [4.69, 9.17) is 5.73 Å². The van der Waals surface area contributed by atoms with E-state index in [9.17, 15) is 9.59 Å². The third-order valence-corrected chi connectivity index (χ3v) is 5.59. The second-order valence-electron chi connectivity index (χ2n) is 7.58. The van der Waals surface area contributed by atoms with Gasteiger partial charge in [0.15, 0.2) is 0 Å². The molecule has 3 aromatic rings. The summed E-state index contributed by atoms with van der Waals surface area (Å²) >= 11 is 0. The van der Waals surface area contributed by atoms with Gasteiger partial charge in [-0.3, -0.25) is 14.2 Å². The second kappa shape index (κ2) is 7.11. The van der Waals surface area contributed by atoms with Crippen LogP contribution in [0.3, 0.4) is 0 Å². The van der Waals surface area contributed by atoms with Gasteiger partial charge in [0, 0.05) is 24.6 Å². The molecule has 2 N–H and O–H groups in total. The van der Waals surface area contributed by atoms with E-state index in [1.807, 2.05) is 18.2 Å². The molecule has 1 saturated heterocycles. The lowest BCUT2D eigenvalue weighted by Crippen LogP contribution is -2.41. The van der Waals surface area contributed by atoms with Gasteiger partial charge >= 0.3 is 0 Å². The van der Waals surface area contributed by atoms with Gasteiger partial charge < -0.3 is 10.6 Å². The highest BCUT2D eigenvalue weighted by molar-refractivity contribution is 5.97. The number of imidazole rings is 1. The Morgan fingerprint density at radius 1 is 1.07 bits per heavy atom. The van der Waals surface area contributed by atoms with Gasteiger partial charge in [-0.25, -0.2) is 4.98 Å². The van der Waals surface area contributed by atoms with E-state index in [-0.39, 0.29) is 17.7 Å². The Morgan fingerprint density at radius 3 is 2.50 bits per heavy atom. The van der Waals surface area contributed by atoms with E-state index in [1.165, 1.54) is 11.1 Å². The molecule has 1 aliphatic heterocycles. The minimum atomic E-state index is -0.273. The first kappa shape index (κ1) is 18.2. The number of carbonyl (C=O) groups excluding carboxylic acids is 2. The quantitative estimate of drug-likeness (QED) is 0.763. The average Bonchev–Trinajstić information content (AvgIpc) is 3.10. The van der Waals surface area contributed by atoms with Crippen LogP contribution < -0.4 is 5.73 Å². The summed E-state index contributed by atoms with van der Waals surface area (Å²) in [6.45, 7) is 5.28. The third kappa shape index (κ3) is 3.26. The summed E-state index contributed by atoms with van der Waals surface area (Å²) in [6.07, 6.45) is 3.06. The van der Waals surface area contributed by atoms with Crippen LogP contribution in [0.5, 0.6) is 0 Å². The molecule has 2 amide bonds. The molecular weight excluding hydrogens is 352 g/mol. The van der Waals surface area contributed by atoms with Gasteiger partial charge in [-0.15, -0.1) is 0 Å². The van der Waals surface area contributed by atoms with Gasteiger partial charge in [0.25, 0.3) is 5.91 Å². The predicted molar refractivity (Wildman–Crippen MR) is 108 cm³/mol. The molecule has 2 aromatic carbocycles. The number of nitrogens with zero attached hydrogens (tertiary/aromatic N) is 3.